The van der Waals surface area contributed by atoms with Gasteiger partial charge in [0.1, 0.15) is 11.7 Å². The Kier molecular flexibility index (Phi) is 5.71. The van der Waals surface area contributed by atoms with Crippen molar-refractivity contribution in [2.45, 2.75) is 44.1 Å². The Bertz CT molecular complexity index is 860. The number of fused-ring (bicyclic) bond motifs is 3. The first-order chi connectivity index (χ1) is 14.0. The highest BCUT2D eigenvalue weighted by Gasteiger charge is 2.45. The van der Waals surface area contributed by atoms with Crippen LogP contribution in [0.15, 0.2) is 28.9 Å². The zero-order chi connectivity index (χ0) is 20.4. The van der Waals surface area contributed by atoms with E-state index in [0.29, 0.717) is 30.8 Å². The number of carboxylic acids is 1. The molecule has 2 aromatic heterocycles. The zero-order valence-corrected chi connectivity index (χ0v) is 16.7. The summed E-state index contributed by atoms with van der Waals surface area (Å²) in [5.41, 5.74) is 2.13. The monoisotopic (exact) mass is 400 g/mol. The van der Waals surface area contributed by atoms with E-state index in [1.165, 1.54) is 17.0 Å². The Balaban J connectivity index is 1.34. The molecule has 0 spiro atoms. The van der Waals surface area contributed by atoms with E-state index < -0.39 is 5.97 Å². The Morgan fingerprint density at radius 1 is 1.41 bits per heavy atom. The Labute approximate surface area is 169 Å². The number of piperidine rings is 3. The molecule has 0 aliphatic carbocycles. The standard InChI is InChI=1S/C21H28N4O4/c1-24-18(11-17(23-24)19-4-3-9-29-19)16-13-25-8-7-14(16)10-15(25)12-22-20(26)5-2-6-21(27)28/h3-4,9,11,14-16H,2,5-8,10,12-13H2,1H3,(H,22,26)(H,27,28)/t14-,15+,16-/m0/s1. The molecule has 5 rings (SSSR count). The highest BCUT2D eigenvalue weighted by Crippen LogP contribution is 2.35. The maximum absolute atomic E-state index is 12.0. The third-order valence-corrected chi connectivity index (χ3v) is 6.45. The molecular weight excluding hydrogens is 372 g/mol. The second-order valence-electron chi connectivity index (χ2n) is 8.29. The van der Waals surface area contributed by atoms with Gasteiger partial charge in [-0.25, -0.2) is 0 Å². The second kappa shape index (κ2) is 8.41. The Morgan fingerprint density at radius 3 is 2.97 bits per heavy atom. The van der Waals surface area contributed by atoms with Crippen LogP contribution in [-0.2, 0) is 16.6 Å². The van der Waals surface area contributed by atoms with Crippen molar-refractivity contribution in [3.63, 3.8) is 0 Å². The van der Waals surface area contributed by atoms with Crippen LogP contribution in [0.4, 0.5) is 0 Å². The van der Waals surface area contributed by atoms with Crippen LogP contribution in [-0.4, -0.2) is 47.3 Å². The number of carbonyl (C=O) groups is 2. The molecule has 1 unspecified atom stereocenters. The largest absolute Gasteiger partial charge is 0.550 e. The van der Waals surface area contributed by atoms with Gasteiger partial charge in [0.25, 0.3) is 0 Å². The van der Waals surface area contributed by atoms with Gasteiger partial charge in [0.2, 0.25) is 5.91 Å². The fraction of sp³-hybridized carbons (Fsp3) is 0.571. The lowest BCUT2D eigenvalue weighted by Crippen LogP contribution is -3.20. The minimum Gasteiger partial charge on any atom is -0.550 e. The molecule has 0 saturated carbocycles. The second-order valence-corrected chi connectivity index (χ2v) is 8.29. The van der Waals surface area contributed by atoms with Crippen LogP contribution in [0.5, 0.6) is 0 Å². The van der Waals surface area contributed by atoms with E-state index in [1.54, 1.807) is 6.26 Å². The van der Waals surface area contributed by atoms with Crippen molar-refractivity contribution in [1.29, 1.82) is 0 Å². The number of carboxylic acid groups (broad SMARTS) is 1. The summed E-state index contributed by atoms with van der Waals surface area (Å²) in [6.07, 6.45) is 4.45. The smallest absolute Gasteiger partial charge is 0.220 e. The van der Waals surface area contributed by atoms with Crippen molar-refractivity contribution in [3.8, 4) is 11.5 Å². The van der Waals surface area contributed by atoms with Crippen LogP contribution in [0, 0.1) is 5.92 Å². The van der Waals surface area contributed by atoms with Crippen LogP contribution < -0.4 is 15.3 Å². The third-order valence-electron chi connectivity index (χ3n) is 6.45. The third kappa shape index (κ3) is 4.37. The van der Waals surface area contributed by atoms with E-state index in [2.05, 4.69) is 16.5 Å². The van der Waals surface area contributed by atoms with Gasteiger partial charge in [-0.05, 0) is 37.0 Å². The first-order valence-corrected chi connectivity index (χ1v) is 10.4. The number of nitrogens with zero attached hydrogens (tertiary/aromatic N) is 2. The molecule has 3 aliphatic heterocycles. The molecule has 3 aliphatic rings. The lowest BCUT2D eigenvalue weighted by Gasteiger charge is -2.46. The number of furan rings is 1. The first kappa shape index (κ1) is 19.7. The van der Waals surface area contributed by atoms with Crippen LogP contribution in [0.1, 0.15) is 43.7 Å². The maximum Gasteiger partial charge on any atom is 0.220 e. The van der Waals surface area contributed by atoms with E-state index >= 15 is 0 Å². The SMILES string of the molecule is Cn1nc(-c2ccco2)cc1[C@H]1C[NH+]2CC[C@H]1C[C@@H]2CNC(=O)CCCC(=O)[O-]. The summed E-state index contributed by atoms with van der Waals surface area (Å²) in [4.78, 5) is 24.0. The minimum absolute atomic E-state index is 0.0668. The molecule has 2 N–H and O–H groups in total. The number of amides is 1. The lowest BCUT2D eigenvalue weighted by atomic mass is 9.74. The molecule has 1 amide bonds. The minimum atomic E-state index is -1.10. The molecule has 8 heteroatoms. The van der Waals surface area contributed by atoms with Gasteiger partial charge in [-0.3, -0.25) is 9.48 Å². The van der Waals surface area contributed by atoms with E-state index in [1.807, 2.05) is 23.9 Å². The molecule has 0 radical (unpaired) electrons. The molecular formula is C21H28N4O4. The number of hydrogen-bond acceptors (Lipinski definition) is 5. The van der Waals surface area contributed by atoms with Gasteiger partial charge >= 0.3 is 0 Å². The van der Waals surface area contributed by atoms with Crippen LogP contribution >= 0.6 is 0 Å². The van der Waals surface area contributed by atoms with E-state index in [4.69, 9.17) is 4.42 Å². The molecule has 8 nitrogen and oxygen atoms in total. The zero-order valence-electron chi connectivity index (χ0n) is 16.7. The van der Waals surface area contributed by atoms with Crippen molar-refractivity contribution in [2.24, 2.45) is 13.0 Å². The normalized spacial score (nSPS) is 25.8. The van der Waals surface area contributed by atoms with Crippen molar-refractivity contribution in [2.75, 3.05) is 19.6 Å². The molecule has 3 saturated heterocycles. The van der Waals surface area contributed by atoms with E-state index in [0.717, 1.165) is 31.0 Å². The maximum atomic E-state index is 12.0. The van der Waals surface area contributed by atoms with Crippen molar-refractivity contribution in [3.05, 3.63) is 30.2 Å². The number of hydrogen-bond donors (Lipinski definition) is 2. The molecule has 0 aromatic carbocycles. The first-order valence-electron chi connectivity index (χ1n) is 10.4. The molecule has 29 heavy (non-hydrogen) atoms. The summed E-state index contributed by atoms with van der Waals surface area (Å²) in [5.74, 6) is 0.677. The number of quaternary nitrogens is 1. The Hall–Kier alpha value is -2.61. The summed E-state index contributed by atoms with van der Waals surface area (Å²) in [6, 6.07) is 6.38. The van der Waals surface area contributed by atoms with Gasteiger partial charge in [0, 0.05) is 38.0 Å². The topological polar surface area (TPSA) is 105 Å². The van der Waals surface area contributed by atoms with Gasteiger partial charge < -0.3 is 24.5 Å². The quantitative estimate of drug-likeness (QED) is 0.620. The van der Waals surface area contributed by atoms with Crippen LogP contribution in [0.3, 0.4) is 0 Å². The number of rotatable bonds is 8. The predicted octanol–water partition coefficient (Wildman–Crippen LogP) is -0.523. The molecule has 156 valence electrons. The molecule has 2 aromatic rings. The fourth-order valence-electron chi connectivity index (χ4n) is 4.97. The number of aromatic nitrogens is 2. The van der Waals surface area contributed by atoms with Crippen molar-refractivity contribution in [1.82, 2.24) is 15.1 Å². The fourth-order valence-corrected chi connectivity index (χ4v) is 4.97. The van der Waals surface area contributed by atoms with Gasteiger partial charge in [0.15, 0.2) is 5.76 Å². The lowest BCUT2D eigenvalue weighted by molar-refractivity contribution is -0.942. The highest BCUT2D eigenvalue weighted by molar-refractivity contribution is 5.76. The van der Waals surface area contributed by atoms with Gasteiger partial charge in [-0.2, -0.15) is 5.10 Å². The summed E-state index contributed by atoms with van der Waals surface area (Å²) in [6.45, 7) is 2.84. The summed E-state index contributed by atoms with van der Waals surface area (Å²) < 4.78 is 7.48. The Morgan fingerprint density at radius 2 is 2.28 bits per heavy atom. The molecule has 4 atom stereocenters. The molecule has 2 bridgehead atoms. The van der Waals surface area contributed by atoms with Crippen molar-refractivity contribution < 1.29 is 24.0 Å². The molecule has 5 heterocycles. The molecule has 3 fully saturated rings. The van der Waals surface area contributed by atoms with Gasteiger partial charge in [0.05, 0.1) is 31.8 Å². The van der Waals surface area contributed by atoms with Gasteiger partial charge in [-0.1, -0.05) is 0 Å². The van der Waals surface area contributed by atoms with E-state index in [-0.39, 0.29) is 18.7 Å². The summed E-state index contributed by atoms with van der Waals surface area (Å²) in [7, 11) is 2.00. The summed E-state index contributed by atoms with van der Waals surface area (Å²) in [5, 5.41) is 18.1. The number of aryl methyl sites for hydroxylation is 1. The van der Waals surface area contributed by atoms with E-state index in [9.17, 15) is 14.7 Å². The van der Waals surface area contributed by atoms with Crippen molar-refractivity contribution >= 4 is 11.9 Å². The summed E-state index contributed by atoms with van der Waals surface area (Å²) >= 11 is 0. The van der Waals surface area contributed by atoms with Crippen LogP contribution in [0.2, 0.25) is 0 Å². The number of aliphatic carboxylic acids is 1. The predicted molar refractivity (Wildman–Crippen MR) is 103 cm³/mol. The van der Waals surface area contributed by atoms with Gasteiger partial charge in [-0.15, -0.1) is 0 Å². The number of carbonyl (C=O) groups excluding carboxylic acids is 2. The van der Waals surface area contributed by atoms with Crippen LogP contribution in [0.25, 0.3) is 11.5 Å². The highest BCUT2D eigenvalue weighted by atomic mass is 16.4. The average Bonchev–Trinajstić information content (AvgIpc) is 3.36. The number of nitrogens with one attached hydrogen (secondary N) is 2. The average molecular weight is 400 g/mol.